The number of nitrogens with one attached hydrogen (secondary N) is 1. The van der Waals surface area contributed by atoms with Crippen LogP contribution in [0.3, 0.4) is 0 Å². The lowest BCUT2D eigenvalue weighted by molar-refractivity contribution is -0.0327. The minimum atomic E-state index is -4.34. The number of hydrogen-bond acceptors (Lipinski definition) is 3. The number of carbonyl (C=O) groups excluding carboxylic acids is 1. The number of thioether (sulfide) groups is 1. The van der Waals surface area contributed by atoms with Crippen molar-refractivity contribution in [2.45, 2.75) is 5.51 Å². The molecule has 3 nitrogen and oxygen atoms in total. The van der Waals surface area contributed by atoms with E-state index in [1.165, 1.54) is 0 Å². The van der Waals surface area contributed by atoms with Gasteiger partial charge in [-0.25, -0.2) is 9.37 Å². The highest BCUT2D eigenvalue weighted by atomic mass is 35.5. The van der Waals surface area contributed by atoms with E-state index in [2.05, 4.69) is 10.3 Å². The van der Waals surface area contributed by atoms with Gasteiger partial charge in [-0.2, -0.15) is 13.2 Å². The van der Waals surface area contributed by atoms with Crippen molar-refractivity contribution in [1.82, 2.24) is 10.3 Å². The standard InChI is InChI=1S/C9H7ClF4N2OS/c10-7-6(3-5(11)4-16-7)8(17)15-1-2-18-9(12,13)14/h3-4H,1-2H2,(H,15,17). The molecule has 1 N–H and O–H groups in total. The summed E-state index contributed by atoms with van der Waals surface area (Å²) in [5.74, 6) is -1.86. The summed E-state index contributed by atoms with van der Waals surface area (Å²) in [4.78, 5) is 14.9. The first-order valence-corrected chi connectivity index (χ1v) is 5.96. The Kier molecular flexibility index (Phi) is 5.21. The molecule has 100 valence electrons. The molecule has 1 amide bonds. The summed E-state index contributed by atoms with van der Waals surface area (Å²) in [5, 5.41) is 1.98. The number of alkyl halides is 3. The van der Waals surface area contributed by atoms with Crippen LogP contribution in [0.5, 0.6) is 0 Å². The van der Waals surface area contributed by atoms with E-state index in [0.29, 0.717) is 0 Å². The van der Waals surface area contributed by atoms with E-state index in [4.69, 9.17) is 11.6 Å². The lowest BCUT2D eigenvalue weighted by Crippen LogP contribution is -2.27. The van der Waals surface area contributed by atoms with E-state index >= 15 is 0 Å². The topological polar surface area (TPSA) is 42.0 Å². The second-order valence-electron chi connectivity index (χ2n) is 3.04. The number of aromatic nitrogens is 1. The highest BCUT2D eigenvalue weighted by Gasteiger charge is 2.27. The maximum atomic E-state index is 12.8. The fourth-order valence-electron chi connectivity index (χ4n) is 1.01. The number of hydrogen-bond donors (Lipinski definition) is 1. The number of pyridine rings is 1. The summed E-state index contributed by atoms with van der Waals surface area (Å²) in [6.07, 6.45) is 0.832. The van der Waals surface area contributed by atoms with Gasteiger partial charge in [0.15, 0.2) is 0 Å². The molecule has 0 radical (unpaired) electrons. The molecule has 9 heteroatoms. The highest BCUT2D eigenvalue weighted by molar-refractivity contribution is 8.00. The predicted molar refractivity (Wildman–Crippen MR) is 60.1 cm³/mol. The van der Waals surface area contributed by atoms with Crippen LogP contribution in [-0.2, 0) is 0 Å². The molecule has 0 saturated heterocycles. The first kappa shape index (κ1) is 15.0. The van der Waals surface area contributed by atoms with Gasteiger partial charge in [-0.05, 0) is 17.8 Å². The Hall–Kier alpha value is -1.02. The zero-order valence-corrected chi connectivity index (χ0v) is 10.3. The van der Waals surface area contributed by atoms with Gasteiger partial charge in [-0.3, -0.25) is 4.79 Å². The van der Waals surface area contributed by atoms with Gasteiger partial charge in [0.1, 0.15) is 11.0 Å². The van der Waals surface area contributed by atoms with Crippen molar-refractivity contribution in [3.8, 4) is 0 Å². The largest absolute Gasteiger partial charge is 0.441 e. The van der Waals surface area contributed by atoms with Crippen LogP contribution in [0.2, 0.25) is 5.15 Å². The lowest BCUT2D eigenvalue weighted by Gasteiger charge is -2.07. The lowest BCUT2D eigenvalue weighted by atomic mass is 10.2. The monoisotopic (exact) mass is 302 g/mol. The number of rotatable bonds is 4. The van der Waals surface area contributed by atoms with Gasteiger partial charge in [0, 0.05) is 12.3 Å². The van der Waals surface area contributed by atoms with E-state index in [1.54, 1.807) is 0 Å². The Labute approximate surface area is 109 Å². The van der Waals surface area contributed by atoms with Crippen LogP contribution in [0, 0.1) is 5.82 Å². The molecule has 0 aliphatic rings. The summed E-state index contributed by atoms with van der Waals surface area (Å²) in [6, 6.07) is 0.863. The van der Waals surface area contributed by atoms with Crippen molar-refractivity contribution >= 4 is 29.3 Å². The fourth-order valence-corrected chi connectivity index (χ4v) is 1.63. The van der Waals surface area contributed by atoms with Crippen LogP contribution in [0.15, 0.2) is 12.3 Å². The molecule has 1 heterocycles. The molecule has 0 saturated carbocycles. The highest BCUT2D eigenvalue weighted by Crippen LogP contribution is 2.29. The Morgan fingerprint density at radius 3 is 2.78 bits per heavy atom. The second kappa shape index (κ2) is 6.24. The van der Waals surface area contributed by atoms with Gasteiger partial charge >= 0.3 is 5.51 Å². The fraction of sp³-hybridized carbons (Fsp3) is 0.333. The third kappa shape index (κ3) is 5.09. The molecular formula is C9H7ClF4N2OS. The van der Waals surface area contributed by atoms with Gasteiger partial charge < -0.3 is 5.32 Å². The molecule has 1 aromatic heterocycles. The molecule has 0 spiro atoms. The second-order valence-corrected chi connectivity index (χ2v) is 4.56. The molecule has 1 rings (SSSR count). The van der Waals surface area contributed by atoms with E-state index in [9.17, 15) is 22.4 Å². The molecule has 18 heavy (non-hydrogen) atoms. The van der Waals surface area contributed by atoms with Crippen molar-refractivity contribution in [1.29, 1.82) is 0 Å². The molecule has 0 unspecified atom stereocenters. The van der Waals surface area contributed by atoms with E-state index < -0.39 is 17.2 Å². The van der Waals surface area contributed by atoms with Crippen LogP contribution < -0.4 is 5.32 Å². The van der Waals surface area contributed by atoms with E-state index in [-0.39, 0.29) is 34.8 Å². The molecule has 0 fully saturated rings. The van der Waals surface area contributed by atoms with Crippen molar-refractivity contribution < 1.29 is 22.4 Å². The third-order valence-electron chi connectivity index (χ3n) is 1.70. The quantitative estimate of drug-likeness (QED) is 0.528. The summed E-state index contributed by atoms with van der Waals surface area (Å²) >= 11 is 5.29. The number of amides is 1. The Morgan fingerprint density at radius 1 is 1.50 bits per heavy atom. The van der Waals surface area contributed by atoms with Gasteiger partial charge in [0.25, 0.3) is 5.91 Å². The van der Waals surface area contributed by atoms with Gasteiger partial charge in [0.2, 0.25) is 0 Å². The maximum Gasteiger partial charge on any atom is 0.441 e. The molecular weight excluding hydrogens is 296 g/mol. The first-order chi connectivity index (χ1) is 8.29. The first-order valence-electron chi connectivity index (χ1n) is 4.59. The minimum Gasteiger partial charge on any atom is -0.351 e. The van der Waals surface area contributed by atoms with Crippen LogP contribution in [0.1, 0.15) is 10.4 Å². The van der Waals surface area contributed by atoms with Crippen molar-refractivity contribution in [3.63, 3.8) is 0 Å². The SMILES string of the molecule is O=C(NCCSC(F)(F)F)c1cc(F)cnc1Cl. The summed E-state index contributed by atoms with van der Waals surface area (Å²) in [6.45, 7) is -0.212. The normalized spacial score (nSPS) is 11.4. The molecule has 1 aromatic rings. The number of halogens is 5. The van der Waals surface area contributed by atoms with Crippen LogP contribution in [0.4, 0.5) is 17.6 Å². The zero-order valence-electron chi connectivity index (χ0n) is 8.72. The van der Waals surface area contributed by atoms with Crippen LogP contribution >= 0.6 is 23.4 Å². The van der Waals surface area contributed by atoms with Crippen LogP contribution in [-0.4, -0.2) is 28.7 Å². The van der Waals surface area contributed by atoms with E-state index in [1.807, 2.05) is 0 Å². The van der Waals surface area contributed by atoms with Crippen molar-refractivity contribution in [2.75, 3.05) is 12.3 Å². The van der Waals surface area contributed by atoms with Gasteiger partial charge in [-0.15, -0.1) is 0 Å². The molecule has 0 aliphatic carbocycles. The molecule has 0 atom stereocenters. The van der Waals surface area contributed by atoms with Crippen LogP contribution in [0.25, 0.3) is 0 Å². The Balaban J connectivity index is 2.48. The van der Waals surface area contributed by atoms with E-state index in [0.717, 1.165) is 12.3 Å². The number of carbonyl (C=O) groups is 1. The van der Waals surface area contributed by atoms with Crippen molar-refractivity contribution in [2.24, 2.45) is 0 Å². The molecule has 0 aromatic carbocycles. The smallest absolute Gasteiger partial charge is 0.351 e. The summed E-state index contributed by atoms with van der Waals surface area (Å²) in [7, 11) is 0. The Bertz CT molecular complexity index is 441. The summed E-state index contributed by atoms with van der Waals surface area (Å²) < 4.78 is 48.2. The Morgan fingerprint density at radius 2 is 2.17 bits per heavy atom. The summed E-state index contributed by atoms with van der Waals surface area (Å²) in [5.41, 5.74) is -4.56. The number of nitrogens with zero attached hydrogens (tertiary/aromatic N) is 1. The van der Waals surface area contributed by atoms with Crippen molar-refractivity contribution in [3.05, 3.63) is 28.8 Å². The average molecular weight is 303 g/mol. The predicted octanol–water partition coefficient (Wildman–Crippen LogP) is 2.86. The van der Waals surface area contributed by atoms with Gasteiger partial charge in [-0.1, -0.05) is 11.6 Å². The zero-order chi connectivity index (χ0) is 13.8. The maximum absolute atomic E-state index is 12.8. The minimum absolute atomic E-state index is 0.211. The van der Waals surface area contributed by atoms with Gasteiger partial charge in [0.05, 0.1) is 11.8 Å². The molecule has 0 aliphatic heterocycles. The third-order valence-corrected chi connectivity index (χ3v) is 2.74. The average Bonchev–Trinajstić information content (AvgIpc) is 2.26. The molecule has 0 bridgehead atoms.